The molecule has 0 radical (unpaired) electrons. The van der Waals surface area contributed by atoms with Crippen LogP contribution in [0, 0.1) is 0 Å². The van der Waals surface area contributed by atoms with E-state index in [0.29, 0.717) is 22.5 Å². The molecule has 2 aromatic rings. The fourth-order valence-electron chi connectivity index (χ4n) is 2.20. The van der Waals surface area contributed by atoms with E-state index in [4.69, 9.17) is 13.9 Å². The monoisotopic (exact) mass is 290 g/mol. The molecule has 2 rings (SSSR count). The van der Waals surface area contributed by atoms with E-state index >= 15 is 0 Å². The van der Waals surface area contributed by atoms with Crippen molar-refractivity contribution >= 4 is 11.0 Å². The summed E-state index contributed by atoms with van der Waals surface area (Å²) < 4.78 is 15.8. The number of rotatable bonds is 5. The van der Waals surface area contributed by atoms with E-state index in [9.17, 15) is 9.90 Å². The van der Waals surface area contributed by atoms with Crippen molar-refractivity contribution in [2.24, 2.45) is 0 Å². The Balaban J connectivity index is 2.63. The van der Waals surface area contributed by atoms with Gasteiger partial charge in [-0.05, 0) is 24.6 Å². The quantitative estimate of drug-likeness (QED) is 0.676. The topological polar surface area (TPSA) is 68.9 Å². The number of methoxy groups -OCH3 is 2. The second kappa shape index (κ2) is 6.11. The summed E-state index contributed by atoms with van der Waals surface area (Å²) >= 11 is 0. The average Bonchev–Trinajstić information content (AvgIpc) is 2.47. The van der Waals surface area contributed by atoms with E-state index in [1.165, 1.54) is 20.3 Å². The summed E-state index contributed by atoms with van der Waals surface area (Å²) in [4.78, 5) is 11.3. The molecular weight excluding hydrogens is 272 g/mol. The minimum atomic E-state index is -0.864. The molecule has 0 saturated carbocycles. The van der Waals surface area contributed by atoms with Crippen LogP contribution in [0.4, 0.5) is 0 Å². The first-order valence-corrected chi connectivity index (χ1v) is 6.46. The van der Waals surface area contributed by atoms with Gasteiger partial charge in [0.15, 0.2) is 0 Å². The lowest BCUT2D eigenvalue weighted by atomic mass is 9.97. The standard InChI is InChI=1S/C16H18O5/c1-9(2)15(18)16(20-4)11-7-10-5-6-14(17)21-12(10)8-13(11)19-3/h5-8,15-16,18H,1H2,2-4H3/t15-,16-/m0/s1. The van der Waals surface area contributed by atoms with Crippen LogP contribution in [0.2, 0.25) is 0 Å². The molecule has 0 bridgehead atoms. The van der Waals surface area contributed by atoms with Gasteiger partial charge in [-0.15, -0.1) is 0 Å². The normalized spacial score (nSPS) is 13.9. The third-order valence-electron chi connectivity index (χ3n) is 3.32. The second-order valence-corrected chi connectivity index (χ2v) is 4.83. The average molecular weight is 290 g/mol. The fourth-order valence-corrected chi connectivity index (χ4v) is 2.20. The Labute approximate surface area is 122 Å². The van der Waals surface area contributed by atoms with Gasteiger partial charge in [0.05, 0.1) is 7.11 Å². The van der Waals surface area contributed by atoms with Crippen LogP contribution in [0.15, 0.2) is 45.6 Å². The molecule has 0 amide bonds. The summed E-state index contributed by atoms with van der Waals surface area (Å²) in [5.74, 6) is 0.476. The Bertz CT molecular complexity index is 716. The lowest BCUT2D eigenvalue weighted by molar-refractivity contribution is 0.00428. The van der Waals surface area contributed by atoms with Crippen molar-refractivity contribution in [1.82, 2.24) is 0 Å². The molecule has 1 heterocycles. The van der Waals surface area contributed by atoms with Gasteiger partial charge < -0.3 is 19.0 Å². The first-order valence-electron chi connectivity index (χ1n) is 6.46. The molecule has 1 aromatic carbocycles. The first-order chi connectivity index (χ1) is 9.97. The largest absolute Gasteiger partial charge is 0.496 e. The smallest absolute Gasteiger partial charge is 0.336 e. The highest BCUT2D eigenvalue weighted by Gasteiger charge is 2.25. The van der Waals surface area contributed by atoms with Gasteiger partial charge in [0.2, 0.25) is 0 Å². The molecule has 0 spiro atoms. The van der Waals surface area contributed by atoms with Crippen LogP contribution >= 0.6 is 0 Å². The zero-order valence-corrected chi connectivity index (χ0v) is 12.3. The van der Waals surface area contributed by atoms with Gasteiger partial charge in [-0.25, -0.2) is 4.79 Å². The van der Waals surface area contributed by atoms with E-state index in [1.807, 2.05) is 0 Å². The van der Waals surface area contributed by atoms with Gasteiger partial charge in [0.1, 0.15) is 23.5 Å². The first kappa shape index (κ1) is 15.3. The zero-order chi connectivity index (χ0) is 15.6. The fraction of sp³-hybridized carbons (Fsp3) is 0.312. The minimum Gasteiger partial charge on any atom is -0.496 e. The van der Waals surface area contributed by atoms with Crippen molar-refractivity contribution in [3.63, 3.8) is 0 Å². The van der Waals surface area contributed by atoms with Crippen LogP contribution in [0.25, 0.3) is 11.0 Å². The third-order valence-corrected chi connectivity index (χ3v) is 3.32. The Hall–Kier alpha value is -2.11. The minimum absolute atomic E-state index is 0.419. The van der Waals surface area contributed by atoms with Crippen LogP contribution in [0.5, 0.6) is 5.75 Å². The molecule has 0 aliphatic carbocycles. The molecule has 0 aliphatic rings. The predicted molar refractivity (Wildman–Crippen MR) is 79.6 cm³/mol. The molecule has 5 heteroatoms. The van der Waals surface area contributed by atoms with Crippen LogP contribution in [0.3, 0.4) is 0 Å². The van der Waals surface area contributed by atoms with Gasteiger partial charge >= 0.3 is 5.63 Å². The summed E-state index contributed by atoms with van der Waals surface area (Å²) in [5.41, 5.74) is 1.24. The van der Waals surface area contributed by atoms with Crippen molar-refractivity contribution in [1.29, 1.82) is 0 Å². The van der Waals surface area contributed by atoms with Crippen molar-refractivity contribution in [3.05, 3.63) is 52.4 Å². The van der Waals surface area contributed by atoms with Crippen LogP contribution in [-0.4, -0.2) is 25.4 Å². The Morgan fingerprint density at radius 2 is 2.05 bits per heavy atom. The summed E-state index contributed by atoms with van der Waals surface area (Å²) in [7, 11) is 3.01. The molecule has 0 unspecified atom stereocenters. The maximum absolute atomic E-state index is 11.3. The predicted octanol–water partition coefficient (Wildman–Crippen LogP) is 2.43. The number of aliphatic hydroxyl groups excluding tert-OH is 1. The Kier molecular flexibility index (Phi) is 4.45. The van der Waals surface area contributed by atoms with Gasteiger partial charge in [-0.3, -0.25) is 0 Å². The molecule has 1 N–H and O–H groups in total. The van der Waals surface area contributed by atoms with E-state index in [-0.39, 0.29) is 0 Å². The molecule has 2 atom stereocenters. The van der Waals surface area contributed by atoms with Crippen molar-refractivity contribution in [3.8, 4) is 5.75 Å². The maximum atomic E-state index is 11.3. The summed E-state index contributed by atoms with van der Waals surface area (Å²) in [6.45, 7) is 5.47. The molecule has 0 saturated heterocycles. The molecule has 1 aromatic heterocycles. The zero-order valence-electron chi connectivity index (χ0n) is 12.3. The van der Waals surface area contributed by atoms with E-state index in [1.54, 1.807) is 25.1 Å². The highest BCUT2D eigenvalue weighted by Crippen LogP contribution is 2.34. The number of ether oxygens (including phenoxy) is 2. The van der Waals surface area contributed by atoms with Crippen molar-refractivity contribution in [2.75, 3.05) is 14.2 Å². The van der Waals surface area contributed by atoms with E-state index < -0.39 is 17.8 Å². The van der Waals surface area contributed by atoms with Crippen LogP contribution < -0.4 is 10.4 Å². The van der Waals surface area contributed by atoms with E-state index in [2.05, 4.69) is 6.58 Å². The number of aliphatic hydroxyl groups is 1. The summed E-state index contributed by atoms with van der Waals surface area (Å²) in [6.07, 6.45) is -1.48. The summed E-state index contributed by atoms with van der Waals surface area (Å²) in [5, 5.41) is 10.9. The second-order valence-electron chi connectivity index (χ2n) is 4.83. The Morgan fingerprint density at radius 3 is 2.62 bits per heavy atom. The molecule has 5 nitrogen and oxygen atoms in total. The lowest BCUT2D eigenvalue weighted by Crippen LogP contribution is -2.21. The molecule has 112 valence electrons. The van der Waals surface area contributed by atoms with Gasteiger partial charge in [-0.2, -0.15) is 0 Å². The van der Waals surface area contributed by atoms with E-state index in [0.717, 1.165) is 5.39 Å². The molecule has 0 aliphatic heterocycles. The lowest BCUT2D eigenvalue weighted by Gasteiger charge is -2.24. The van der Waals surface area contributed by atoms with Crippen molar-refractivity contribution < 1.29 is 19.0 Å². The van der Waals surface area contributed by atoms with Crippen molar-refractivity contribution in [2.45, 2.75) is 19.1 Å². The van der Waals surface area contributed by atoms with Crippen LogP contribution in [0.1, 0.15) is 18.6 Å². The molecule has 21 heavy (non-hydrogen) atoms. The highest BCUT2D eigenvalue weighted by molar-refractivity contribution is 5.79. The molecule has 0 fully saturated rings. The summed E-state index contributed by atoms with van der Waals surface area (Å²) in [6, 6.07) is 6.39. The maximum Gasteiger partial charge on any atom is 0.336 e. The van der Waals surface area contributed by atoms with Gasteiger partial charge in [0.25, 0.3) is 0 Å². The highest BCUT2D eigenvalue weighted by atomic mass is 16.5. The van der Waals surface area contributed by atoms with Gasteiger partial charge in [0, 0.05) is 30.2 Å². The SMILES string of the molecule is C=C(C)[C@H](O)[C@@H](OC)c1cc2ccc(=O)oc2cc1OC. The molecular formula is C16H18O5. The Morgan fingerprint density at radius 1 is 1.33 bits per heavy atom. The number of benzene rings is 1. The third kappa shape index (κ3) is 2.99. The number of hydrogen-bond acceptors (Lipinski definition) is 5. The van der Waals surface area contributed by atoms with Crippen LogP contribution in [-0.2, 0) is 4.74 Å². The number of fused-ring (bicyclic) bond motifs is 1. The van der Waals surface area contributed by atoms with Gasteiger partial charge in [-0.1, -0.05) is 6.58 Å². The number of hydrogen-bond donors (Lipinski definition) is 1.